The van der Waals surface area contributed by atoms with Crippen LogP contribution in [0.2, 0.25) is 5.28 Å². The third-order valence-electron chi connectivity index (χ3n) is 3.92. The van der Waals surface area contributed by atoms with Gasteiger partial charge < -0.3 is 10.2 Å². The fourth-order valence-corrected chi connectivity index (χ4v) is 3.08. The van der Waals surface area contributed by atoms with Crippen LogP contribution in [0.1, 0.15) is 19.3 Å². The van der Waals surface area contributed by atoms with Gasteiger partial charge in [0.2, 0.25) is 17.2 Å². The van der Waals surface area contributed by atoms with Gasteiger partial charge in [0.15, 0.2) is 0 Å². The average molecular weight is 283 g/mol. The molecule has 2 fully saturated rings. The van der Waals surface area contributed by atoms with Gasteiger partial charge in [-0.25, -0.2) is 0 Å². The van der Waals surface area contributed by atoms with Crippen molar-refractivity contribution in [1.29, 1.82) is 0 Å². The Kier molecular flexibility index (Phi) is 3.70. The van der Waals surface area contributed by atoms with Crippen LogP contribution in [-0.2, 0) is 0 Å². The van der Waals surface area contributed by atoms with Crippen molar-refractivity contribution >= 4 is 23.5 Å². The second-order valence-corrected chi connectivity index (χ2v) is 5.45. The van der Waals surface area contributed by atoms with Crippen LogP contribution in [0.3, 0.4) is 0 Å². The van der Waals surface area contributed by atoms with Crippen LogP contribution >= 0.6 is 11.6 Å². The Morgan fingerprint density at radius 2 is 1.95 bits per heavy atom. The molecule has 0 aromatic carbocycles. The molecule has 7 heteroatoms. The molecule has 1 unspecified atom stereocenters. The molecule has 104 valence electrons. The molecule has 1 atom stereocenters. The molecule has 2 aliphatic heterocycles. The molecule has 1 aromatic heterocycles. The maximum atomic E-state index is 5.93. The van der Waals surface area contributed by atoms with Crippen molar-refractivity contribution < 1.29 is 0 Å². The maximum Gasteiger partial charge on any atom is 0.231 e. The van der Waals surface area contributed by atoms with E-state index in [9.17, 15) is 0 Å². The second-order valence-electron chi connectivity index (χ2n) is 5.11. The quantitative estimate of drug-likeness (QED) is 0.900. The highest BCUT2D eigenvalue weighted by atomic mass is 35.5. The summed E-state index contributed by atoms with van der Waals surface area (Å²) in [4.78, 5) is 17.4. The number of nitrogens with zero attached hydrogens (tertiary/aromatic N) is 5. The molecular weight excluding hydrogens is 264 g/mol. The third-order valence-corrected chi connectivity index (χ3v) is 4.09. The lowest BCUT2D eigenvalue weighted by atomic mass is 10.2. The Hall–Kier alpha value is -1.14. The standard InChI is InChI=1S/C12H19ClN6/c1-14-11-15-10(13)16-12(17-11)19-7-4-9(8-19)18-5-2-3-6-18/h9H,2-8H2,1H3,(H,14,15,16,17). The van der Waals surface area contributed by atoms with Gasteiger partial charge in [0.05, 0.1) is 0 Å². The van der Waals surface area contributed by atoms with Gasteiger partial charge in [0, 0.05) is 26.2 Å². The summed E-state index contributed by atoms with van der Waals surface area (Å²) >= 11 is 5.93. The van der Waals surface area contributed by atoms with Crippen molar-refractivity contribution in [1.82, 2.24) is 19.9 Å². The summed E-state index contributed by atoms with van der Waals surface area (Å²) in [7, 11) is 1.78. The van der Waals surface area contributed by atoms with Gasteiger partial charge in [-0.3, -0.25) is 4.90 Å². The number of halogens is 1. The van der Waals surface area contributed by atoms with Gasteiger partial charge in [0.25, 0.3) is 0 Å². The summed E-state index contributed by atoms with van der Waals surface area (Å²) < 4.78 is 0. The highest BCUT2D eigenvalue weighted by Crippen LogP contribution is 2.24. The normalized spacial score (nSPS) is 24.1. The van der Waals surface area contributed by atoms with E-state index in [0.29, 0.717) is 17.9 Å². The van der Waals surface area contributed by atoms with Gasteiger partial charge in [-0.15, -0.1) is 0 Å². The first-order valence-corrected chi connectivity index (χ1v) is 7.22. The van der Waals surface area contributed by atoms with Crippen LogP contribution < -0.4 is 10.2 Å². The topological polar surface area (TPSA) is 57.2 Å². The molecule has 0 aliphatic carbocycles. The molecule has 0 bridgehead atoms. The van der Waals surface area contributed by atoms with E-state index in [-0.39, 0.29) is 5.28 Å². The molecule has 1 N–H and O–H groups in total. The number of rotatable bonds is 3. The minimum absolute atomic E-state index is 0.249. The first kappa shape index (κ1) is 12.9. The first-order chi connectivity index (χ1) is 9.26. The largest absolute Gasteiger partial charge is 0.357 e. The Labute approximate surface area is 118 Å². The molecule has 0 saturated carbocycles. The molecule has 3 rings (SSSR count). The van der Waals surface area contributed by atoms with E-state index in [1.165, 1.54) is 32.4 Å². The van der Waals surface area contributed by atoms with Crippen molar-refractivity contribution in [2.45, 2.75) is 25.3 Å². The zero-order chi connectivity index (χ0) is 13.2. The lowest BCUT2D eigenvalue weighted by Crippen LogP contribution is -2.35. The molecule has 3 heterocycles. The van der Waals surface area contributed by atoms with E-state index >= 15 is 0 Å². The van der Waals surface area contributed by atoms with Crippen LogP contribution in [0.15, 0.2) is 0 Å². The number of anilines is 2. The molecule has 19 heavy (non-hydrogen) atoms. The van der Waals surface area contributed by atoms with Crippen LogP contribution in [0, 0.1) is 0 Å². The SMILES string of the molecule is CNc1nc(Cl)nc(N2CCC(N3CCCC3)C2)n1. The highest BCUT2D eigenvalue weighted by molar-refractivity contribution is 6.28. The van der Waals surface area contributed by atoms with E-state index in [0.717, 1.165) is 13.1 Å². The van der Waals surface area contributed by atoms with Crippen molar-refractivity contribution in [3.8, 4) is 0 Å². The fourth-order valence-electron chi connectivity index (χ4n) is 2.92. The van der Waals surface area contributed by atoms with Crippen molar-refractivity contribution in [3.63, 3.8) is 0 Å². The van der Waals surface area contributed by atoms with Crippen LogP contribution in [0.4, 0.5) is 11.9 Å². The average Bonchev–Trinajstić information content (AvgIpc) is 3.08. The monoisotopic (exact) mass is 282 g/mol. The number of aromatic nitrogens is 3. The molecule has 0 radical (unpaired) electrons. The summed E-state index contributed by atoms with van der Waals surface area (Å²) in [5.74, 6) is 1.21. The Morgan fingerprint density at radius 3 is 2.68 bits per heavy atom. The predicted molar refractivity (Wildman–Crippen MR) is 75.8 cm³/mol. The molecule has 0 spiro atoms. The number of likely N-dealkylation sites (tertiary alicyclic amines) is 1. The number of nitrogens with one attached hydrogen (secondary N) is 1. The second kappa shape index (κ2) is 5.46. The Morgan fingerprint density at radius 1 is 1.16 bits per heavy atom. The molecule has 2 saturated heterocycles. The van der Waals surface area contributed by atoms with Crippen LogP contribution in [-0.4, -0.2) is 59.1 Å². The van der Waals surface area contributed by atoms with Crippen LogP contribution in [0.5, 0.6) is 0 Å². The van der Waals surface area contributed by atoms with Gasteiger partial charge in [-0.05, 0) is 44.0 Å². The van der Waals surface area contributed by atoms with Crippen molar-refractivity contribution in [2.75, 3.05) is 43.4 Å². The van der Waals surface area contributed by atoms with Gasteiger partial charge in [0.1, 0.15) is 0 Å². The maximum absolute atomic E-state index is 5.93. The van der Waals surface area contributed by atoms with Gasteiger partial charge in [-0.2, -0.15) is 15.0 Å². The van der Waals surface area contributed by atoms with Crippen LogP contribution in [0.25, 0.3) is 0 Å². The minimum Gasteiger partial charge on any atom is -0.357 e. The van der Waals surface area contributed by atoms with Gasteiger partial charge in [-0.1, -0.05) is 0 Å². The van der Waals surface area contributed by atoms with Crippen molar-refractivity contribution in [3.05, 3.63) is 5.28 Å². The Bertz CT molecular complexity index is 448. The van der Waals surface area contributed by atoms with Gasteiger partial charge >= 0.3 is 0 Å². The smallest absolute Gasteiger partial charge is 0.231 e. The summed E-state index contributed by atoms with van der Waals surface area (Å²) in [5.41, 5.74) is 0. The summed E-state index contributed by atoms with van der Waals surface area (Å²) in [6.07, 6.45) is 3.84. The fraction of sp³-hybridized carbons (Fsp3) is 0.750. The number of hydrogen-bond acceptors (Lipinski definition) is 6. The lowest BCUT2D eigenvalue weighted by Gasteiger charge is -2.23. The zero-order valence-electron chi connectivity index (χ0n) is 11.1. The van der Waals surface area contributed by atoms with E-state index < -0.39 is 0 Å². The third kappa shape index (κ3) is 2.74. The van der Waals surface area contributed by atoms with E-state index in [4.69, 9.17) is 11.6 Å². The zero-order valence-corrected chi connectivity index (χ0v) is 11.9. The molecular formula is C12H19ClN6. The number of hydrogen-bond donors (Lipinski definition) is 1. The lowest BCUT2D eigenvalue weighted by molar-refractivity contribution is 0.260. The highest BCUT2D eigenvalue weighted by Gasteiger charge is 2.30. The minimum atomic E-state index is 0.249. The first-order valence-electron chi connectivity index (χ1n) is 6.84. The molecule has 6 nitrogen and oxygen atoms in total. The van der Waals surface area contributed by atoms with E-state index in [2.05, 4.69) is 30.1 Å². The molecule has 0 amide bonds. The van der Waals surface area contributed by atoms with Crippen molar-refractivity contribution in [2.24, 2.45) is 0 Å². The molecule has 1 aromatic rings. The molecule has 2 aliphatic rings. The Balaban J connectivity index is 1.71. The summed E-state index contributed by atoms with van der Waals surface area (Å²) in [5, 5.41) is 3.16. The van der Waals surface area contributed by atoms with E-state index in [1.54, 1.807) is 7.05 Å². The summed E-state index contributed by atoms with van der Waals surface area (Å²) in [6.45, 7) is 4.45. The summed E-state index contributed by atoms with van der Waals surface area (Å²) in [6, 6.07) is 0.635. The predicted octanol–water partition coefficient (Wildman–Crippen LogP) is 1.24. The van der Waals surface area contributed by atoms with E-state index in [1.807, 2.05) is 0 Å².